The molecule has 0 aromatic heterocycles. The quantitative estimate of drug-likeness (QED) is 0.617. The predicted molar refractivity (Wildman–Crippen MR) is 72.5 cm³/mol. The van der Waals surface area contributed by atoms with Gasteiger partial charge in [0.1, 0.15) is 12.6 Å². The van der Waals surface area contributed by atoms with Crippen molar-refractivity contribution >= 4 is 11.8 Å². The Kier molecular flexibility index (Phi) is 5.36. The maximum Gasteiger partial charge on any atom is 0.106 e. The highest BCUT2D eigenvalue weighted by Crippen LogP contribution is 2.17. The Bertz CT molecular complexity index is 319. The number of ether oxygens (including phenoxy) is 1. The van der Waals surface area contributed by atoms with Crippen molar-refractivity contribution in [3.8, 4) is 0 Å². The molecule has 2 nitrogen and oxygen atoms in total. The van der Waals surface area contributed by atoms with Crippen LogP contribution >= 0.6 is 11.8 Å². The summed E-state index contributed by atoms with van der Waals surface area (Å²) in [5.74, 6) is 1.18. The van der Waals surface area contributed by atoms with Crippen molar-refractivity contribution in [3.05, 3.63) is 29.8 Å². The number of hydrogen-bond donors (Lipinski definition) is 1. The van der Waals surface area contributed by atoms with E-state index in [1.807, 2.05) is 11.8 Å². The summed E-state index contributed by atoms with van der Waals surface area (Å²) in [6, 6.07) is 8.77. The number of aryl methyl sites for hydroxylation is 1. The standard InChI is InChI=1S/C14H21NOS/c1-12-4-6-14(7-5-12)17-10-8-15-11-13-3-2-9-16-13/h4-7,13,15H,2-3,8-11H2,1H3/p+1/t13-/m1/s1. The lowest BCUT2D eigenvalue weighted by Crippen LogP contribution is -2.86. The van der Waals surface area contributed by atoms with Crippen molar-refractivity contribution in [1.82, 2.24) is 0 Å². The first-order chi connectivity index (χ1) is 8.34. The molecule has 1 fully saturated rings. The van der Waals surface area contributed by atoms with Gasteiger partial charge in [-0.25, -0.2) is 0 Å². The highest BCUT2D eigenvalue weighted by Gasteiger charge is 2.16. The van der Waals surface area contributed by atoms with Gasteiger partial charge in [0.25, 0.3) is 0 Å². The maximum atomic E-state index is 5.59. The first kappa shape index (κ1) is 12.9. The smallest absolute Gasteiger partial charge is 0.106 e. The van der Waals surface area contributed by atoms with E-state index in [2.05, 4.69) is 36.5 Å². The van der Waals surface area contributed by atoms with E-state index in [-0.39, 0.29) is 0 Å². The normalized spacial score (nSPS) is 19.7. The Morgan fingerprint density at radius 2 is 2.18 bits per heavy atom. The molecule has 3 heteroatoms. The molecular weight excluding hydrogens is 230 g/mol. The summed E-state index contributed by atoms with van der Waals surface area (Å²) < 4.78 is 5.59. The third-order valence-electron chi connectivity index (χ3n) is 3.07. The van der Waals surface area contributed by atoms with Gasteiger partial charge >= 0.3 is 0 Å². The summed E-state index contributed by atoms with van der Waals surface area (Å²) >= 11 is 1.94. The van der Waals surface area contributed by atoms with Gasteiger partial charge in [0.2, 0.25) is 0 Å². The zero-order valence-corrected chi connectivity index (χ0v) is 11.3. The van der Waals surface area contributed by atoms with Crippen LogP contribution < -0.4 is 5.32 Å². The van der Waals surface area contributed by atoms with Gasteiger partial charge in [0.05, 0.1) is 6.54 Å². The second-order valence-electron chi connectivity index (χ2n) is 4.61. The fourth-order valence-corrected chi connectivity index (χ4v) is 2.88. The molecular formula is C14H22NOS+. The van der Waals surface area contributed by atoms with E-state index in [0.29, 0.717) is 6.10 Å². The van der Waals surface area contributed by atoms with Crippen molar-refractivity contribution in [2.24, 2.45) is 0 Å². The van der Waals surface area contributed by atoms with Crippen molar-refractivity contribution in [2.45, 2.75) is 30.8 Å². The van der Waals surface area contributed by atoms with Gasteiger partial charge in [-0.1, -0.05) is 17.7 Å². The molecule has 0 saturated carbocycles. The average Bonchev–Trinajstić information content (AvgIpc) is 2.84. The van der Waals surface area contributed by atoms with Crippen LogP contribution in [0.15, 0.2) is 29.2 Å². The largest absolute Gasteiger partial charge is 0.372 e. The molecule has 0 unspecified atom stereocenters. The second-order valence-corrected chi connectivity index (χ2v) is 5.78. The minimum Gasteiger partial charge on any atom is -0.372 e. The number of quaternary nitrogens is 1. The van der Waals surface area contributed by atoms with E-state index in [0.717, 1.165) is 13.2 Å². The van der Waals surface area contributed by atoms with E-state index < -0.39 is 0 Å². The molecule has 1 aliphatic heterocycles. The Labute approximate surface area is 108 Å². The molecule has 0 amide bonds. The zero-order chi connectivity index (χ0) is 11.9. The third-order valence-corrected chi connectivity index (χ3v) is 4.11. The Hall–Kier alpha value is -0.510. The summed E-state index contributed by atoms with van der Waals surface area (Å²) in [5, 5.41) is 2.39. The maximum absolute atomic E-state index is 5.59. The number of benzene rings is 1. The van der Waals surface area contributed by atoms with Crippen LogP contribution in [0.3, 0.4) is 0 Å². The van der Waals surface area contributed by atoms with Gasteiger partial charge in [0.15, 0.2) is 0 Å². The van der Waals surface area contributed by atoms with Crippen LogP contribution in [0, 0.1) is 6.92 Å². The van der Waals surface area contributed by atoms with Crippen LogP contribution in [0.4, 0.5) is 0 Å². The fourth-order valence-electron chi connectivity index (χ4n) is 2.03. The number of thioether (sulfide) groups is 1. The average molecular weight is 252 g/mol. The lowest BCUT2D eigenvalue weighted by molar-refractivity contribution is -0.656. The van der Waals surface area contributed by atoms with Crippen molar-refractivity contribution < 1.29 is 10.1 Å². The van der Waals surface area contributed by atoms with E-state index in [4.69, 9.17) is 4.74 Å². The second kappa shape index (κ2) is 7.04. The molecule has 0 bridgehead atoms. The molecule has 1 aliphatic rings. The van der Waals surface area contributed by atoms with Crippen molar-refractivity contribution in [2.75, 3.05) is 25.4 Å². The highest BCUT2D eigenvalue weighted by molar-refractivity contribution is 7.99. The van der Waals surface area contributed by atoms with Crippen LogP contribution in [-0.2, 0) is 4.74 Å². The number of rotatable bonds is 6. The predicted octanol–water partition coefficient (Wildman–Crippen LogP) is 1.83. The van der Waals surface area contributed by atoms with E-state index in [1.165, 1.54) is 35.6 Å². The summed E-state index contributed by atoms with van der Waals surface area (Å²) in [7, 11) is 0. The molecule has 1 heterocycles. The Morgan fingerprint density at radius 3 is 2.88 bits per heavy atom. The van der Waals surface area contributed by atoms with Crippen molar-refractivity contribution in [3.63, 3.8) is 0 Å². The molecule has 2 rings (SSSR count). The molecule has 1 atom stereocenters. The highest BCUT2D eigenvalue weighted by atomic mass is 32.2. The first-order valence-electron chi connectivity index (χ1n) is 6.47. The minimum absolute atomic E-state index is 0.513. The molecule has 94 valence electrons. The third kappa shape index (κ3) is 4.70. The van der Waals surface area contributed by atoms with Crippen LogP contribution in [0.25, 0.3) is 0 Å². The monoisotopic (exact) mass is 252 g/mol. The summed E-state index contributed by atoms with van der Waals surface area (Å²) in [6.45, 7) is 5.41. The van der Waals surface area contributed by atoms with Gasteiger partial charge < -0.3 is 10.1 Å². The van der Waals surface area contributed by atoms with E-state index in [9.17, 15) is 0 Å². The first-order valence-corrected chi connectivity index (χ1v) is 7.46. The van der Waals surface area contributed by atoms with Gasteiger partial charge in [-0.15, -0.1) is 11.8 Å². The molecule has 0 spiro atoms. The summed E-state index contributed by atoms with van der Waals surface area (Å²) in [6.07, 6.45) is 3.01. The molecule has 0 aliphatic carbocycles. The SMILES string of the molecule is Cc1ccc(SCC[NH2+]C[C@H]2CCCO2)cc1. The lowest BCUT2D eigenvalue weighted by atomic mass is 10.2. The molecule has 1 aromatic carbocycles. The Balaban J connectivity index is 1.55. The molecule has 0 radical (unpaired) electrons. The van der Waals surface area contributed by atoms with Gasteiger partial charge in [0, 0.05) is 17.3 Å². The van der Waals surface area contributed by atoms with E-state index in [1.54, 1.807) is 0 Å². The van der Waals surface area contributed by atoms with Crippen LogP contribution in [-0.4, -0.2) is 31.6 Å². The van der Waals surface area contributed by atoms with Crippen LogP contribution in [0.2, 0.25) is 0 Å². The lowest BCUT2D eigenvalue weighted by Gasteiger charge is -2.07. The van der Waals surface area contributed by atoms with Gasteiger partial charge in [-0.3, -0.25) is 0 Å². The van der Waals surface area contributed by atoms with Crippen LogP contribution in [0.1, 0.15) is 18.4 Å². The summed E-state index contributed by atoms with van der Waals surface area (Å²) in [4.78, 5) is 1.38. The summed E-state index contributed by atoms with van der Waals surface area (Å²) in [5.41, 5.74) is 1.33. The minimum atomic E-state index is 0.513. The fraction of sp³-hybridized carbons (Fsp3) is 0.571. The topological polar surface area (TPSA) is 25.8 Å². The van der Waals surface area contributed by atoms with Crippen molar-refractivity contribution in [1.29, 1.82) is 0 Å². The molecule has 1 aromatic rings. The molecule has 17 heavy (non-hydrogen) atoms. The molecule has 1 saturated heterocycles. The number of hydrogen-bond acceptors (Lipinski definition) is 2. The van der Waals surface area contributed by atoms with Gasteiger partial charge in [-0.2, -0.15) is 0 Å². The van der Waals surface area contributed by atoms with Crippen LogP contribution in [0.5, 0.6) is 0 Å². The molecule has 2 N–H and O–H groups in total. The Morgan fingerprint density at radius 1 is 1.35 bits per heavy atom. The van der Waals surface area contributed by atoms with Gasteiger partial charge in [-0.05, 0) is 31.9 Å². The van der Waals surface area contributed by atoms with E-state index >= 15 is 0 Å². The number of nitrogens with two attached hydrogens (primary N) is 1. The zero-order valence-electron chi connectivity index (χ0n) is 10.5.